The SMILES string of the molecule is COCCN1CCC(NCCOc2ccccc2)(C(=O)NC(C)c2ccc(C(=O)OC)cc2)CC1. The van der Waals surface area contributed by atoms with Gasteiger partial charge in [0.05, 0.1) is 25.3 Å². The zero-order chi connectivity index (χ0) is 25.1. The molecule has 1 amide bonds. The van der Waals surface area contributed by atoms with Crippen molar-refractivity contribution in [2.24, 2.45) is 0 Å². The number of benzene rings is 2. The molecule has 190 valence electrons. The molecule has 8 heteroatoms. The van der Waals surface area contributed by atoms with E-state index in [0.717, 1.165) is 30.9 Å². The number of amides is 1. The van der Waals surface area contributed by atoms with Gasteiger partial charge in [-0.25, -0.2) is 4.79 Å². The first-order valence-electron chi connectivity index (χ1n) is 12.1. The molecule has 3 rings (SSSR count). The van der Waals surface area contributed by atoms with Crippen LogP contribution in [-0.2, 0) is 14.3 Å². The lowest BCUT2D eigenvalue weighted by molar-refractivity contribution is -0.130. The van der Waals surface area contributed by atoms with Crippen LogP contribution >= 0.6 is 0 Å². The first kappa shape index (κ1) is 26.7. The lowest BCUT2D eigenvalue weighted by Gasteiger charge is -2.41. The second-order valence-electron chi connectivity index (χ2n) is 8.81. The highest BCUT2D eigenvalue weighted by Gasteiger charge is 2.41. The number of hydrogen-bond acceptors (Lipinski definition) is 7. The summed E-state index contributed by atoms with van der Waals surface area (Å²) >= 11 is 0. The number of hydrogen-bond donors (Lipinski definition) is 2. The summed E-state index contributed by atoms with van der Waals surface area (Å²) in [6.45, 7) is 6.13. The number of ether oxygens (including phenoxy) is 3. The maximum absolute atomic E-state index is 13.6. The Morgan fingerprint density at radius 1 is 1.00 bits per heavy atom. The van der Waals surface area contributed by atoms with Gasteiger partial charge in [0, 0.05) is 33.3 Å². The van der Waals surface area contributed by atoms with Crippen LogP contribution < -0.4 is 15.4 Å². The lowest BCUT2D eigenvalue weighted by Crippen LogP contribution is -2.62. The van der Waals surface area contributed by atoms with E-state index in [1.807, 2.05) is 49.4 Å². The van der Waals surface area contributed by atoms with Gasteiger partial charge < -0.3 is 24.4 Å². The first-order valence-corrected chi connectivity index (χ1v) is 12.1. The summed E-state index contributed by atoms with van der Waals surface area (Å²) < 4.78 is 15.8. The third-order valence-electron chi connectivity index (χ3n) is 6.51. The molecule has 0 spiro atoms. The molecular formula is C27H37N3O5. The van der Waals surface area contributed by atoms with E-state index in [0.29, 0.717) is 38.2 Å². The summed E-state index contributed by atoms with van der Waals surface area (Å²) in [5.41, 5.74) is 0.727. The number of rotatable bonds is 12. The molecular weight excluding hydrogens is 446 g/mol. The monoisotopic (exact) mass is 483 g/mol. The molecule has 1 atom stereocenters. The van der Waals surface area contributed by atoms with Crippen molar-refractivity contribution in [3.05, 3.63) is 65.7 Å². The fourth-order valence-electron chi connectivity index (χ4n) is 4.28. The van der Waals surface area contributed by atoms with Crippen molar-refractivity contribution in [2.75, 3.05) is 53.6 Å². The Morgan fingerprint density at radius 3 is 2.31 bits per heavy atom. The Kier molecular flexibility index (Phi) is 10.1. The van der Waals surface area contributed by atoms with Crippen molar-refractivity contribution in [2.45, 2.75) is 31.3 Å². The Morgan fingerprint density at radius 2 is 1.69 bits per heavy atom. The van der Waals surface area contributed by atoms with E-state index in [1.54, 1.807) is 19.2 Å². The highest BCUT2D eigenvalue weighted by Crippen LogP contribution is 2.25. The predicted molar refractivity (Wildman–Crippen MR) is 135 cm³/mol. The van der Waals surface area contributed by atoms with Crippen molar-refractivity contribution in [1.82, 2.24) is 15.5 Å². The van der Waals surface area contributed by atoms with Gasteiger partial charge in [0.2, 0.25) is 5.91 Å². The molecule has 1 aliphatic heterocycles. The smallest absolute Gasteiger partial charge is 0.337 e. The Labute approximate surface area is 207 Å². The molecule has 1 unspecified atom stereocenters. The molecule has 1 saturated heterocycles. The first-order chi connectivity index (χ1) is 17.0. The fourth-order valence-corrected chi connectivity index (χ4v) is 4.28. The zero-order valence-electron chi connectivity index (χ0n) is 20.9. The average molecular weight is 484 g/mol. The van der Waals surface area contributed by atoms with E-state index in [2.05, 4.69) is 15.5 Å². The molecule has 1 fully saturated rings. The number of nitrogens with one attached hydrogen (secondary N) is 2. The largest absolute Gasteiger partial charge is 0.492 e. The minimum atomic E-state index is -0.677. The minimum absolute atomic E-state index is 0.0202. The van der Waals surface area contributed by atoms with Crippen molar-refractivity contribution >= 4 is 11.9 Å². The number of likely N-dealkylation sites (tertiary alicyclic amines) is 1. The fraction of sp³-hybridized carbons (Fsp3) is 0.481. The molecule has 35 heavy (non-hydrogen) atoms. The standard InChI is InChI=1S/C27H37N3O5/c1-21(22-9-11-23(12-10-22)25(31)34-3)29-26(32)27(13-16-30(17-14-27)18-20-33-2)28-15-19-35-24-7-5-4-6-8-24/h4-12,21,28H,13-20H2,1-3H3,(H,29,32). The predicted octanol–water partition coefficient (Wildman–Crippen LogP) is 2.80. The number of nitrogens with zero attached hydrogens (tertiary/aromatic N) is 1. The molecule has 0 radical (unpaired) electrons. The van der Waals surface area contributed by atoms with Crippen LogP contribution in [0.25, 0.3) is 0 Å². The highest BCUT2D eigenvalue weighted by molar-refractivity contribution is 5.89. The summed E-state index contributed by atoms with van der Waals surface area (Å²) in [6.07, 6.45) is 1.39. The topological polar surface area (TPSA) is 89.1 Å². The van der Waals surface area contributed by atoms with Crippen LogP contribution in [0.5, 0.6) is 5.75 Å². The molecule has 2 N–H and O–H groups in total. The van der Waals surface area contributed by atoms with Crippen LogP contribution in [0.2, 0.25) is 0 Å². The van der Waals surface area contributed by atoms with E-state index in [-0.39, 0.29) is 17.9 Å². The summed E-state index contributed by atoms with van der Waals surface area (Å²) in [6, 6.07) is 16.6. The van der Waals surface area contributed by atoms with E-state index >= 15 is 0 Å². The molecule has 0 saturated carbocycles. The lowest BCUT2D eigenvalue weighted by atomic mass is 9.85. The van der Waals surface area contributed by atoms with Crippen LogP contribution in [0.15, 0.2) is 54.6 Å². The van der Waals surface area contributed by atoms with Crippen molar-refractivity contribution in [3.63, 3.8) is 0 Å². The quantitative estimate of drug-likeness (QED) is 0.354. The number of para-hydroxylation sites is 1. The number of esters is 1. The number of carbonyl (C=O) groups excluding carboxylic acids is 2. The van der Waals surface area contributed by atoms with Crippen LogP contribution in [0, 0.1) is 0 Å². The number of methoxy groups -OCH3 is 2. The Balaban J connectivity index is 1.63. The van der Waals surface area contributed by atoms with Gasteiger partial charge in [-0.05, 0) is 49.6 Å². The van der Waals surface area contributed by atoms with Gasteiger partial charge in [0.1, 0.15) is 17.9 Å². The Hall–Kier alpha value is -2.94. The normalized spacial score (nSPS) is 16.3. The highest BCUT2D eigenvalue weighted by atomic mass is 16.5. The van der Waals surface area contributed by atoms with Crippen molar-refractivity contribution < 1.29 is 23.8 Å². The van der Waals surface area contributed by atoms with Crippen molar-refractivity contribution in [1.29, 1.82) is 0 Å². The van der Waals surface area contributed by atoms with Gasteiger partial charge in [-0.1, -0.05) is 30.3 Å². The van der Waals surface area contributed by atoms with Crippen LogP contribution in [0.3, 0.4) is 0 Å². The second kappa shape index (κ2) is 13.2. The average Bonchev–Trinajstić information content (AvgIpc) is 2.90. The van der Waals surface area contributed by atoms with E-state index in [9.17, 15) is 9.59 Å². The molecule has 0 bridgehead atoms. The number of piperidine rings is 1. The van der Waals surface area contributed by atoms with Gasteiger partial charge >= 0.3 is 5.97 Å². The third-order valence-corrected chi connectivity index (χ3v) is 6.51. The van der Waals surface area contributed by atoms with Gasteiger partial charge in [0.25, 0.3) is 0 Å². The van der Waals surface area contributed by atoms with Crippen LogP contribution in [0.4, 0.5) is 0 Å². The van der Waals surface area contributed by atoms with Crippen molar-refractivity contribution in [3.8, 4) is 5.75 Å². The third kappa shape index (κ3) is 7.52. The molecule has 2 aromatic carbocycles. The van der Waals surface area contributed by atoms with E-state index in [4.69, 9.17) is 14.2 Å². The van der Waals surface area contributed by atoms with Gasteiger partial charge in [-0.3, -0.25) is 10.1 Å². The summed E-state index contributed by atoms with van der Waals surface area (Å²) in [4.78, 5) is 27.6. The second-order valence-corrected chi connectivity index (χ2v) is 8.81. The number of carbonyl (C=O) groups is 2. The molecule has 8 nitrogen and oxygen atoms in total. The zero-order valence-corrected chi connectivity index (χ0v) is 20.9. The molecule has 2 aromatic rings. The van der Waals surface area contributed by atoms with E-state index in [1.165, 1.54) is 7.11 Å². The van der Waals surface area contributed by atoms with Gasteiger partial charge in [-0.15, -0.1) is 0 Å². The summed E-state index contributed by atoms with van der Waals surface area (Å²) in [5, 5.41) is 6.70. The van der Waals surface area contributed by atoms with Crippen LogP contribution in [-0.4, -0.2) is 75.9 Å². The Bertz CT molecular complexity index is 928. The van der Waals surface area contributed by atoms with Gasteiger partial charge in [-0.2, -0.15) is 0 Å². The van der Waals surface area contributed by atoms with Gasteiger partial charge in [0.15, 0.2) is 0 Å². The molecule has 1 aliphatic rings. The maximum Gasteiger partial charge on any atom is 0.337 e. The maximum atomic E-state index is 13.6. The van der Waals surface area contributed by atoms with E-state index < -0.39 is 5.54 Å². The summed E-state index contributed by atoms with van der Waals surface area (Å²) in [5.74, 6) is 0.411. The summed E-state index contributed by atoms with van der Waals surface area (Å²) in [7, 11) is 3.06. The molecule has 0 aliphatic carbocycles. The minimum Gasteiger partial charge on any atom is -0.492 e. The molecule has 0 aromatic heterocycles. The van der Waals surface area contributed by atoms with Crippen LogP contribution in [0.1, 0.15) is 41.7 Å². The molecule has 1 heterocycles.